The molecule has 0 heterocycles. The highest BCUT2D eigenvalue weighted by Gasteiger charge is 1.99. The van der Waals surface area contributed by atoms with Crippen molar-refractivity contribution < 1.29 is 9.53 Å². The van der Waals surface area contributed by atoms with Crippen molar-refractivity contribution in [2.24, 2.45) is 0 Å². The molecule has 14 heavy (non-hydrogen) atoms. The van der Waals surface area contributed by atoms with Gasteiger partial charge in [0.05, 0.1) is 0 Å². The van der Waals surface area contributed by atoms with Gasteiger partial charge in [-0.2, -0.15) is 0 Å². The van der Waals surface area contributed by atoms with E-state index in [2.05, 4.69) is 12.2 Å². The van der Waals surface area contributed by atoms with Crippen LogP contribution in [0, 0.1) is 0 Å². The summed E-state index contributed by atoms with van der Waals surface area (Å²) in [5.74, 6) is 0.178. The molecule has 0 aliphatic rings. The van der Waals surface area contributed by atoms with E-state index in [1.807, 2.05) is 0 Å². The standard InChI is InChI=1S/C11H23NO2/c1-3-4-6-9-12-11(13)8-5-7-10-14-2/h3-10H2,1-2H3,(H,12,13). The van der Waals surface area contributed by atoms with E-state index in [1.54, 1.807) is 7.11 Å². The van der Waals surface area contributed by atoms with Crippen LogP contribution in [-0.2, 0) is 9.53 Å². The van der Waals surface area contributed by atoms with Gasteiger partial charge in [0.15, 0.2) is 0 Å². The molecule has 0 spiro atoms. The minimum absolute atomic E-state index is 0.178. The molecule has 3 heteroatoms. The zero-order valence-electron chi connectivity index (χ0n) is 9.47. The number of nitrogens with one attached hydrogen (secondary N) is 1. The number of unbranched alkanes of at least 4 members (excludes halogenated alkanes) is 3. The van der Waals surface area contributed by atoms with E-state index in [4.69, 9.17) is 4.74 Å². The van der Waals surface area contributed by atoms with Crippen LogP contribution in [0.5, 0.6) is 0 Å². The topological polar surface area (TPSA) is 38.3 Å². The van der Waals surface area contributed by atoms with Crippen LogP contribution in [0.4, 0.5) is 0 Å². The number of methoxy groups -OCH3 is 1. The maximum atomic E-state index is 11.2. The van der Waals surface area contributed by atoms with E-state index in [0.717, 1.165) is 32.4 Å². The van der Waals surface area contributed by atoms with Gasteiger partial charge in [-0.15, -0.1) is 0 Å². The summed E-state index contributed by atoms with van der Waals surface area (Å²) in [7, 11) is 1.69. The Morgan fingerprint density at radius 1 is 1.21 bits per heavy atom. The molecule has 0 bridgehead atoms. The highest BCUT2D eigenvalue weighted by molar-refractivity contribution is 5.75. The van der Waals surface area contributed by atoms with Crippen molar-refractivity contribution in [3.05, 3.63) is 0 Å². The summed E-state index contributed by atoms with van der Waals surface area (Å²) < 4.78 is 4.91. The van der Waals surface area contributed by atoms with E-state index in [0.29, 0.717) is 6.42 Å². The molecule has 84 valence electrons. The van der Waals surface area contributed by atoms with Gasteiger partial charge in [0.25, 0.3) is 0 Å². The third-order valence-corrected chi connectivity index (χ3v) is 2.10. The van der Waals surface area contributed by atoms with Crippen LogP contribution >= 0.6 is 0 Å². The average molecular weight is 201 g/mol. The van der Waals surface area contributed by atoms with E-state index in [9.17, 15) is 4.79 Å². The Hall–Kier alpha value is -0.570. The van der Waals surface area contributed by atoms with Gasteiger partial charge in [-0.05, 0) is 19.3 Å². The van der Waals surface area contributed by atoms with E-state index in [1.165, 1.54) is 12.8 Å². The molecule has 0 aliphatic heterocycles. The van der Waals surface area contributed by atoms with Crippen molar-refractivity contribution in [3.63, 3.8) is 0 Å². The van der Waals surface area contributed by atoms with E-state index < -0.39 is 0 Å². The lowest BCUT2D eigenvalue weighted by molar-refractivity contribution is -0.121. The van der Waals surface area contributed by atoms with Crippen molar-refractivity contribution in [1.29, 1.82) is 0 Å². The van der Waals surface area contributed by atoms with Gasteiger partial charge in [0.2, 0.25) is 5.91 Å². The van der Waals surface area contributed by atoms with Gasteiger partial charge in [-0.25, -0.2) is 0 Å². The molecule has 0 atom stereocenters. The highest BCUT2D eigenvalue weighted by Crippen LogP contribution is 1.96. The Morgan fingerprint density at radius 3 is 2.64 bits per heavy atom. The SMILES string of the molecule is CCCCCNC(=O)CCCCOC. The van der Waals surface area contributed by atoms with Crippen molar-refractivity contribution >= 4 is 5.91 Å². The molecule has 0 aliphatic carbocycles. The molecule has 0 unspecified atom stereocenters. The molecule has 0 saturated carbocycles. The lowest BCUT2D eigenvalue weighted by Gasteiger charge is -2.04. The molecule has 0 radical (unpaired) electrons. The number of amides is 1. The van der Waals surface area contributed by atoms with Crippen LogP contribution in [0.3, 0.4) is 0 Å². The molecule has 0 fully saturated rings. The lowest BCUT2D eigenvalue weighted by Crippen LogP contribution is -2.24. The molecule has 0 aromatic rings. The van der Waals surface area contributed by atoms with Crippen molar-refractivity contribution in [3.8, 4) is 0 Å². The largest absolute Gasteiger partial charge is 0.385 e. The monoisotopic (exact) mass is 201 g/mol. The van der Waals surface area contributed by atoms with Crippen molar-refractivity contribution in [1.82, 2.24) is 5.32 Å². The predicted molar refractivity (Wildman–Crippen MR) is 58.3 cm³/mol. The lowest BCUT2D eigenvalue weighted by atomic mass is 10.2. The summed E-state index contributed by atoms with van der Waals surface area (Å²) in [6.45, 7) is 3.74. The number of ether oxygens (including phenoxy) is 1. The Bertz CT molecular complexity index is 123. The fraction of sp³-hybridized carbons (Fsp3) is 0.909. The molecule has 0 aromatic heterocycles. The molecule has 3 nitrogen and oxygen atoms in total. The number of carbonyl (C=O) groups is 1. The second kappa shape index (κ2) is 10.5. The van der Waals surface area contributed by atoms with Crippen LogP contribution in [0.15, 0.2) is 0 Å². The highest BCUT2D eigenvalue weighted by atomic mass is 16.5. The summed E-state index contributed by atoms with van der Waals surface area (Å²) in [6.07, 6.45) is 6.02. The molecule has 0 saturated heterocycles. The van der Waals surface area contributed by atoms with E-state index in [-0.39, 0.29) is 5.91 Å². The third kappa shape index (κ3) is 9.52. The second-order valence-electron chi connectivity index (χ2n) is 3.51. The molecule has 0 aromatic carbocycles. The Balaban J connectivity index is 3.11. The van der Waals surface area contributed by atoms with Gasteiger partial charge in [-0.3, -0.25) is 4.79 Å². The first kappa shape index (κ1) is 13.4. The Kier molecular flexibility index (Phi) is 10.1. The quantitative estimate of drug-likeness (QED) is 0.580. The molecular formula is C11H23NO2. The third-order valence-electron chi connectivity index (χ3n) is 2.10. The number of carbonyl (C=O) groups excluding carboxylic acids is 1. The first-order valence-electron chi connectivity index (χ1n) is 5.57. The number of rotatable bonds is 9. The number of hydrogen-bond acceptors (Lipinski definition) is 2. The van der Waals surface area contributed by atoms with Gasteiger partial charge >= 0.3 is 0 Å². The minimum Gasteiger partial charge on any atom is -0.385 e. The molecular weight excluding hydrogens is 178 g/mol. The van der Waals surface area contributed by atoms with Crippen molar-refractivity contribution in [2.75, 3.05) is 20.3 Å². The van der Waals surface area contributed by atoms with Crippen molar-refractivity contribution in [2.45, 2.75) is 45.4 Å². The van der Waals surface area contributed by atoms with Gasteiger partial charge < -0.3 is 10.1 Å². The summed E-state index contributed by atoms with van der Waals surface area (Å²) in [4.78, 5) is 11.2. The Labute approximate surface area is 87.2 Å². The maximum Gasteiger partial charge on any atom is 0.219 e. The summed E-state index contributed by atoms with van der Waals surface area (Å²) in [6, 6.07) is 0. The average Bonchev–Trinajstić information content (AvgIpc) is 2.19. The van der Waals surface area contributed by atoms with Gasteiger partial charge in [0.1, 0.15) is 0 Å². The van der Waals surface area contributed by atoms with Crippen LogP contribution in [0.1, 0.15) is 45.4 Å². The normalized spacial score (nSPS) is 10.1. The fourth-order valence-electron chi connectivity index (χ4n) is 1.22. The summed E-state index contributed by atoms with van der Waals surface area (Å²) >= 11 is 0. The van der Waals surface area contributed by atoms with Crippen LogP contribution in [0.2, 0.25) is 0 Å². The first-order valence-corrected chi connectivity index (χ1v) is 5.57. The van der Waals surface area contributed by atoms with Crippen LogP contribution in [-0.4, -0.2) is 26.2 Å². The molecule has 0 rings (SSSR count). The Morgan fingerprint density at radius 2 is 2.00 bits per heavy atom. The van der Waals surface area contributed by atoms with Gasteiger partial charge in [-0.1, -0.05) is 19.8 Å². The zero-order chi connectivity index (χ0) is 10.6. The van der Waals surface area contributed by atoms with Gasteiger partial charge in [0, 0.05) is 26.7 Å². The minimum atomic E-state index is 0.178. The van der Waals surface area contributed by atoms with Crippen LogP contribution < -0.4 is 5.32 Å². The summed E-state index contributed by atoms with van der Waals surface area (Å²) in [5.41, 5.74) is 0. The predicted octanol–water partition coefficient (Wildman–Crippen LogP) is 2.11. The first-order chi connectivity index (χ1) is 6.81. The number of hydrogen-bond donors (Lipinski definition) is 1. The zero-order valence-corrected chi connectivity index (χ0v) is 9.47. The smallest absolute Gasteiger partial charge is 0.219 e. The molecule has 1 amide bonds. The molecule has 1 N–H and O–H groups in total. The second-order valence-corrected chi connectivity index (χ2v) is 3.51. The summed E-state index contributed by atoms with van der Waals surface area (Å²) in [5, 5.41) is 2.91. The fourth-order valence-corrected chi connectivity index (χ4v) is 1.22. The van der Waals surface area contributed by atoms with E-state index >= 15 is 0 Å². The van der Waals surface area contributed by atoms with Crippen LogP contribution in [0.25, 0.3) is 0 Å². The maximum absolute atomic E-state index is 11.2.